The van der Waals surface area contributed by atoms with Crippen molar-refractivity contribution in [2.24, 2.45) is 5.41 Å². The molecule has 0 aliphatic heterocycles. The summed E-state index contributed by atoms with van der Waals surface area (Å²) in [5.41, 5.74) is 3.08. The highest BCUT2D eigenvalue weighted by Crippen LogP contribution is 2.31. The molecule has 0 saturated heterocycles. The van der Waals surface area contributed by atoms with Crippen LogP contribution in [-0.2, 0) is 11.3 Å². The second kappa shape index (κ2) is 7.35. The number of nitrogens with zero attached hydrogens (tertiary/aromatic N) is 2. The number of hydrogen-bond donors (Lipinski definition) is 1. The van der Waals surface area contributed by atoms with Gasteiger partial charge in [-0.25, -0.2) is 4.39 Å². The maximum atomic E-state index is 13.3. The van der Waals surface area contributed by atoms with E-state index in [1.54, 1.807) is 17.0 Å². The van der Waals surface area contributed by atoms with Crippen molar-refractivity contribution in [3.05, 3.63) is 71.5 Å². The maximum Gasteiger partial charge on any atom is 0.233 e. The first-order chi connectivity index (χ1) is 12.8. The lowest BCUT2D eigenvalue weighted by atomic mass is 9.94. The molecule has 1 aromatic heterocycles. The molecule has 1 heterocycles. The highest BCUT2D eigenvalue weighted by Gasteiger charge is 2.31. The van der Waals surface area contributed by atoms with Gasteiger partial charge in [0.2, 0.25) is 5.91 Å². The Bertz CT molecular complexity index is 924. The number of H-pyrrole nitrogens is 1. The molecule has 0 aliphatic carbocycles. The molecule has 1 amide bonds. The number of amides is 1. The summed E-state index contributed by atoms with van der Waals surface area (Å²) in [5, 5.41) is 7.51. The number of carbonyl (C=O) groups excluding carboxylic acids is 1. The van der Waals surface area contributed by atoms with Gasteiger partial charge in [0.15, 0.2) is 5.82 Å². The predicted molar refractivity (Wildman–Crippen MR) is 106 cm³/mol. The number of halogens is 1. The van der Waals surface area contributed by atoms with Crippen LogP contribution in [0.1, 0.15) is 31.9 Å². The van der Waals surface area contributed by atoms with Gasteiger partial charge < -0.3 is 0 Å². The van der Waals surface area contributed by atoms with Gasteiger partial charge in [-0.05, 0) is 30.2 Å². The van der Waals surface area contributed by atoms with E-state index in [0.717, 1.165) is 22.4 Å². The van der Waals surface area contributed by atoms with E-state index in [1.807, 2.05) is 58.0 Å². The Balaban J connectivity index is 2.02. The molecule has 27 heavy (non-hydrogen) atoms. The zero-order valence-corrected chi connectivity index (χ0v) is 16.1. The molecule has 0 spiro atoms. The van der Waals surface area contributed by atoms with Gasteiger partial charge >= 0.3 is 0 Å². The zero-order chi connectivity index (χ0) is 19.6. The van der Waals surface area contributed by atoms with Crippen LogP contribution in [0.5, 0.6) is 0 Å². The summed E-state index contributed by atoms with van der Waals surface area (Å²) in [6.45, 7) is 7.93. The van der Waals surface area contributed by atoms with Crippen molar-refractivity contribution in [1.29, 1.82) is 0 Å². The first kappa shape index (κ1) is 18.8. The fourth-order valence-electron chi connectivity index (χ4n) is 2.96. The van der Waals surface area contributed by atoms with E-state index in [2.05, 4.69) is 10.2 Å². The Hall–Kier alpha value is -2.95. The van der Waals surface area contributed by atoms with E-state index in [4.69, 9.17) is 0 Å². The molecule has 3 aromatic rings. The van der Waals surface area contributed by atoms with E-state index < -0.39 is 5.41 Å². The Morgan fingerprint density at radius 2 is 1.70 bits per heavy atom. The van der Waals surface area contributed by atoms with Gasteiger partial charge in [0.05, 0.1) is 12.2 Å². The standard InChI is InChI=1S/C22H24FN3O/c1-15-19(17-8-6-5-7-9-17)24-25-20(15)26(21(27)22(2,3)4)14-16-10-12-18(23)13-11-16/h5-13H,14H2,1-4H3,(H,24,25). The third kappa shape index (κ3) is 4.08. The van der Waals surface area contributed by atoms with Crippen LogP contribution in [0.25, 0.3) is 11.3 Å². The summed E-state index contributed by atoms with van der Waals surface area (Å²) < 4.78 is 13.3. The van der Waals surface area contributed by atoms with Crippen LogP contribution in [-0.4, -0.2) is 16.1 Å². The number of aromatic nitrogens is 2. The van der Waals surface area contributed by atoms with Gasteiger partial charge in [0.25, 0.3) is 0 Å². The topological polar surface area (TPSA) is 49.0 Å². The highest BCUT2D eigenvalue weighted by molar-refractivity contribution is 5.97. The molecule has 2 aromatic carbocycles. The molecule has 0 unspecified atom stereocenters. The average Bonchev–Trinajstić information content (AvgIpc) is 3.02. The zero-order valence-electron chi connectivity index (χ0n) is 16.1. The molecular weight excluding hydrogens is 341 g/mol. The minimum atomic E-state index is -0.571. The van der Waals surface area contributed by atoms with Gasteiger partial charge in [0.1, 0.15) is 5.82 Å². The molecule has 0 atom stereocenters. The third-order valence-electron chi connectivity index (χ3n) is 4.44. The van der Waals surface area contributed by atoms with Crippen LogP contribution in [0.2, 0.25) is 0 Å². The van der Waals surface area contributed by atoms with Gasteiger partial charge in [-0.3, -0.25) is 14.8 Å². The molecule has 3 rings (SSSR count). The van der Waals surface area contributed by atoms with Crippen molar-refractivity contribution in [2.75, 3.05) is 4.90 Å². The number of benzene rings is 2. The fraction of sp³-hybridized carbons (Fsp3) is 0.273. The smallest absolute Gasteiger partial charge is 0.233 e. The lowest BCUT2D eigenvalue weighted by Gasteiger charge is -2.28. The van der Waals surface area contributed by atoms with E-state index in [1.165, 1.54) is 12.1 Å². The molecule has 0 radical (unpaired) electrons. The third-order valence-corrected chi connectivity index (χ3v) is 4.44. The highest BCUT2D eigenvalue weighted by atomic mass is 19.1. The van der Waals surface area contributed by atoms with Gasteiger partial charge in [-0.15, -0.1) is 0 Å². The summed E-state index contributed by atoms with van der Waals surface area (Å²) in [7, 11) is 0. The van der Waals surface area contributed by atoms with Crippen LogP contribution in [0.3, 0.4) is 0 Å². The summed E-state index contributed by atoms with van der Waals surface area (Å²) >= 11 is 0. The van der Waals surface area contributed by atoms with Crippen molar-refractivity contribution in [3.63, 3.8) is 0 Å². The average molecular weight is 365 g/mol. The number of hydrogen-bond acceptors (Lipinski definition) is 2. The van der Waals surface area contributed by atoms with Crippen LogP contribution in [0.15, 0.2) is 54.6 Å². The summed E-state index contributed by atoms with van der Waals surface area (Å²) in [6.07, 6.45) is 0. The Labute approximate surface area is 159 Å². The summed E-state index contributed by atoms with van der Waals surface area (Å²) in [4.78, 5) is 14.8. The fourth-order valence-corrected chi connectivity index (χ4v) is 2.96. The van der Waals surface area contributed by atoms with Crippen molar-refractivity contribution in [1.82, 2.24) is 10.2 Å². The summed E-state index contributed by atoms with van der Waals surface area (Å²) in [5.74, 6) is 0.258. The SMILES string of the molecule is Cc1c(N(Cc2ccc(F)cc2)C(=O)C(C)(C)C)n[nH]c1-c1ccccc1. The molecule has 5 heteroatoms. The maximum absolute atomic E-state index is 13.3. The molecule has 1 N–H and O–H groups in total. The Morgan fingerprint density at radius 3 is 2.30 bits per heavy atom. The van der Waals surface area contributed by atoms with E-state index in [-0.39, 0.29) is 11.7 Å². The lowest BCUT2D eigenvalue weighted by molar-refractivity contribution is -0.126. The van der Waals surface area contributed by atoms with E-state index in [9.17, 15) is 9.18 Å². The molecule has 0 aliphatic rings. The summed E-state index contributed by atoms with van der Waals surface area (Å²) in [6, 6.07) is 16.1. The van der Waals surface area contributed by atoms with E-state index >= 15 is 0 Å². The van der Waals surface area contributed by atoms with Crippen LogP contribution in [0.4, 0.5) is 10.2 Å². The number of rotatable bonds is 4. The van der Waals surface area contributed by atoms with Crippen molar-refractivity contribution < 1.29 is 9.18 Å². The van der Waals surface area contributed by atoms with Crippen molar-refractivity contribution >= 4 is 11.7 Å². The quantitative estimate of drug-likeness (QED) is 0.699. The number of anilines is 1. The molecule has 140 valence electrons. The second-order valence-electron chi connectivity index (χ2n) is 7.68. The molecular formula is C22H24FN3O. The lowest BCUT2D eigenvalue weighted by Crippen LogP contribution is -2.39. The molecule has 0 bridgehead atoms. The molecule has 0 fully saturated rings. The van der Waals surface area contributed by atoms with Crippen LogP contribution < -0.4 is 4.90 Å². The van der Waals surface area contributed by atoms with Crippen LogP contribution >= 0.6 is 0 Å². The van der Waals surface area contributed by atoms with E-state index in [0.29, 0.717) is 12.4 Å². The monoisotopic (exact) mass is 365 g/mol. The van der Waals surface area contributed by atoms with Crippen LogP contribution in [0, 0.1) is 18.2 Å². The number of nitrogens with one attached hydrogen (secondary N) is 1. The van der Waals surface area contributed by atoms with Crippen molar-refractivity contribution in [3.8, 4) is 11.3 Å². The second-order valence-corrected chi connectivity index (χ2v) is 7.68. The van der Waals surface area contributed by atoms with Gasteiger partial charge in [0, 0.05) is 11.0 Å². The minimum Gasteiger partial charge on any atom is -0.290 e. The minimum absolute atomic E-state index is 0.0407. The first-order valence-electron chi connectivity index (χ1n) is 8.94. The van der Waals surface area contributed by atoms with Gasteiger partial charge in [-0.1, -0.05) is 63.2 Å². The number of carbonyl (C=O) groups is 1. The van der Waals surface area contributed by atoms with Gasteiger partial charge in [-0.2, -0.15) is 5.10 Å². The largest absolute Gasteiger partial charge is 0.290 e. The Kier molecular flexibility index (Phi) is 5.13. The Morgan fingerprint density at radius 1 is 1.07 bits per heavy atom. The molecule has 0 saturated carbocycles. The normalized spacial score (nSPS) is 11.4. The predicted octanol–water partition coefficient (Wildman–Crippen LogP) is 5.10. The first-order valence-corrected chi connectivity index (χ1v) is 8.94. The number of aromatic amines is 1. The molecule has 4 nitrogen and oxygen atoms in total. The van der Waals surface area contributed by atoms with Crippen molar-refractivity contribution in [2.45, 2.75) is 34.2 Å².